The number of halogens is 1. The number of esters is 1. The molecule has 4 aromatic carbocycles. The van der Waals surface area contributed by atoms with Gasteiger partial charge in [0.05, 0.1) is 18.2 Å². The first kappa shape index (κ1) is 25.7. The zero-order valence-corrected chi connectivity index (χ0v) is 21.7. The largest absolute Gasteiger partial charge is 0.489 e. The molecule has 1 amide bonds. The summed E-state index contributed by atoms with van der Waals surface area (Å²) in [5.74, 6) is -0.326. The highest BCUT2D eigenvalue weighted by molar-refractivity contribution is 6.12. The van der Waals surface area contributed by atoms with Crippen molar-refractivity contribution in [3.8, 4) is 28.2 Å². The number of carbonyl (C=O) groups excluding carboxylic acids is 2. The van der Waals surface area contributed by atoms with E-state index < -0.39 is 5.97 Å². The van der Waals surface area contributed by atoms with Crippen LogP contribution in [0.3, 0.4) is 0 Å². The lowest BCUT2D eigenvalue weighted by molar-refractivity contribution is 0.0600. The first-order valence-corrected chi connectivity index (χ1v) is 12.3. The van der Waals surface area contributed by atoms with Gasteiger partial charge >= 0.3 is 5.97 Å². The topological polar surface area (TPSA) is 77.8 Å². The van der Waals surface area contributed by atoms with Crippen molar-refractivity contribution in [2.24, 2.45) is 0 Å². The van der Waals surface area contributed by atoms with Gasteiger partial charge in [0.2, 0.25) is 0 Å². The molecule has 0 spiro atoms. The maximum absolute atomic E-state index is 13.6. The summed E-state index contributed by atoms with van der Waals surface area (Å²) in [6, 6.07) is 24.4. The van der Waals surface area contributed by atoms with Gasteiger partial charge in [0.25, 0.3) is 5.91 Å². The summed E-state index contributed by atoms with van der Waals surface area (Å²) < 4.78 is 30.8. The minimum absolute atomic E-state index is 0.328. The van der Waals surface area contributed by atoms with Crippen LogP contribution in [0.25, 0.3) is 33.4 Å². The van der Waals surface area contributed by atoms with Gasteiger partial charge in [-0.15, -0.1) is 0 Å². The fraction of sp³-hybridized carbons (Fsp3) is 0.125. The average molecular weight is 524 g/mol. The molecule has 0 aliphatic heterocycles. The van der Waals surface area contributed by atoms with E-state index in [2.05, 4.69) is 5.32 Å². The zero-order valence-electron chi connectivity index (χ0n) is 21.7. The van der Waals surface area contributed by atoms with Crippen molar-refractivity contribution in [1.82, 2.24) is 5.32 Å². The number of rotatable bonds is 7. The van der Waals surface area contributed by atoms with E-state index in [1.54, 1.807) is 37.4 Å². The summed E-state index contributed by atoms with van der Waals surface area (Å²) in [6.07, 6.45) is 0. The van der Waals surface area contributed by atoms with Crippen LogP contribution in [0.5, 0.6) is 5.75 Å². The molecule has 39 heavy (non-hydrogen) atoms. The normalized spacial score (nSPS) is 10.9. The van der Waals surface area contributed by atoms with Gasteiger partial charge < -0.3 is 19.2 Å². The van der Waals surface area contributed by atoms with Crippen LogP contribution < -0.4 is 10.1 Å². The van der Waals surface area contributed by atoms with E-state index in [1.807, 2.05) is 49.4 Å². The number of hydrogen-bond acceptors (Lipinski definition) is 5. The predicted molar refractivity (Wildman–Crippen MR) is 147 cm³/mol. The molecule has 0 fully saturated rings. The molecule has 0 aliphatic carbocycles. The highest BCUT2D eigenvalue weighted by Gasteiger charge is 2.23. The standard InChI is InChI=1S/C32H26FNO5/c1-19-25(16-23(32(36)37-3)17-28(19)38-18-20-7-5-4-6-8-20)22-11-14-27-26(15-22)29(31(35)34-2)30(39-27)21-9-12-24(33)13-10-21/h4-17H,18H2,1-3H3,(H,34,35). The lowest BCUT2D eigenvalue weighted by Gasteiger charge is -2.15. The van der Waals surface area contributed by atoms with Gasteiger partial charge in [-0.1, -0.05) is 36.4 Å². The minimum Gasteiger partial charge on any atom is -0.489 e. The molecule has 5 rings (SSSR count). The van der Waals surface area contributed by atoms with Gasteiger partial charge in [0, 0.05) is 18.0 Å². The fourth-order valence-corrected chi connectivity index (χ4v) is 4.53. The van der Waals surface area contributed by atoms with Crippen LogP contribution >= 0.6 is 0 Å². The number of methoxy groups -OCH3 is 1. The van der Waals surface area contributed by atoms with Crippen LogP contribution in [0.1, 0.15) is 31.8 Å². The van der Waals surface area contributed by atoms with E-state index in [-0.39, 0.29) is 11.7 Å². The van der Waals surface area contributed by atoms with E-state index in [9.17, 15) is 14.0 Å². The number of amides is 1. The summed E-state index contributed by atoms with van der Waals surface area (Å²) >= 11 is 0. The van der Waals surface area contributed by atoms with Crippen molar-refractivity contribution < 1.29 is 27.9 Å². The van der Waals surface area contributed by atoms with Gasteiger partial charge in [-0.2, -0.15) is 0 Å². The minimum atomic E-state index is -0.491. The Balaban J connectivity index is 1.64. The second-order valence-corrected chi connectivity index (χ2v) is 9.02. The molecule has 0 saturated carbocycles. The van der Waals surface area contributed by atoms with Crippen molar-refractivity contribution >= 4 is 22.8 Å². The van der Waals surface area contributed by atoms with Crippen molar-refractivity contribution in [1.29, 1.82) is 0 Å². The molecule has 0 unspecified atom stereocenters. The Kier molecular flexibility index (Phi) is 7.14. The number of ether oxygens (including phenoxy) is 2. The van der Waals surface area contributed by atoms with Gasteiger partial charge in [0.1, 0.15) is 29.5 Å². The fourth-order valence-electron chi connectivity index (χ4n) is 4.53. The van der Waals surface area contributed by atoms with Crippen LogP contribution in [-0.4, -0.2) is 26.0 Å². The van der Waals surface area contributed by atoms with Crippen molar-refractivity contribution in [3.05, 3.63) is 113 Å². The van der Waals surface area contributed by atoms with Crippen LogP contribution in [0.4, 0.5) is 4.39 Å². The lowest BCUT2D eigenvalue weighted by Crippen LogP contribution is -2.18. The van der Waals surface area contributed by atoms with E-state index in [0.29, 0.717) is 45.8 Å². The second-order valence-electron chi connectivity index (χ2n) is 9.02. The molecule has 1 aromatic heterocycles. The number of furan rings is 1. The highest BCUT2D eigenvalue weighted by atomic mass is 19.1. The van der Waals surface area contributed by atoms with Crippen molar-refractivity contribution in [2.75, 3.05) is 14.2 Å². The smallest absolute Gasteiger partial charge is 0.338 e. The first-order valence-electron chi connectivity index (χ1n) is 12.3. The third-order valence-corrected chi connectivity index (χ3v) is 6.58. The Morgan fingerprint density at radius 3 is 2.33 bits per heavy atom. The van der Waals surface area contributed by atoms with Crippen LogP contribution in [0.2, 0.25) is 0 Å². The molecule has 0 aliphatic rings. The number of nitrogens with one attached hydrogen (secondary N) is 1. The monoisotopic (exact) mass is 523 g/mol. The molecule has 0 saturated heterocycles. The quantitative estimate of drug-likeness (QED) is 0.234. The third kappa shape index (κ3) is 5.11. The molecular formula is C32H26FNO5. The van der Waals surface area contributed by atoms with Crippen molar-refractivity contribution in [2.45, 2.75) is 13.5 Å². The Morgan fingerprint density at radius 1 is 0.923 bits per heavy atom. The highest BCUT2D eigenvalue weighted by Crippen LogP contribution is 2.38. The predicted octanol–water partition coefficient (Wildman–Crippen LogP) is 6.94. The maximum atomic E-state index is 13.6. The van der Waals surface area contributed by atoms with Crippen LogP contribution in [0, 0.1) is 12.7 Å². The molecule has 0 radical (unpaired) electrons. The summed E-state index contributed by atoms with van der Waals surface area (Å²) in [6.45, 7) is 2.24. The Morgan fingerprint density at radius 2 is 1.64 bits per heavy atom. The summed E-state index contributed by atoms with van der Waals surface area (Å²) in [5, 5.41) is 3.25. The molecule has 7 heteroatoms. The third-order valence-electron chi connectivity index (χ3n) is 6.58. The Hall–Kier alpha value is -4.91. The van der Waals surface area contributed by atoms with Crippen LogP contribution in [-0.2, 0) is 11.3 Å². The number of carbonyl (C=O) groups is 2. The van der Waals surface area contributed by atoms with Gasteiger partial charge in [-0.3, -0.25) is 4.79 Å². The molecule has 0 bridgehead atoms. The Labute approximate surface area is 225 Å². The molecule has 0 atom stereocenters. The van der Waals surface area contributed by atoms with E-state index in [4.69, 9.17) is 13.9 Å². The lowest BCUT2D eigenvalue weighted by atomic mass is 9.95. The van der Waals surface area contributed by atoms with Gasteiger partial charge in [-0.25, -0.2) is 9.18 Å². The number of hydrogen-bond donors (Lipinski definition) is 1. The zero-order chi connectivity index (χ0) is 27.5. The maximum Gasteiger partial charge on any atom is 0.338 e. The van der Waals surface area contributed by atoms with Gasteiger partial charge in [-0.05, 0) is 77.7 Å². The molecule has 196 valence electrons. The average Bonchev–Trinajstić information content (AvgIpc) is 3.35. The van der Waals surface area contributed by atoms with E-state index in [1.165, 1.54) is 19.2 Å². The molecule has 1 heterocycles. The van der Waals surface area contributed by atoms with E-state index >= 15 is 0 Å². The molecule has 5 aromatic rings. The van der Waals surface area contributed by atoms with Crippen molar-refractivity contribution in [3.63, 3.8) is 0 Å². The van der Waals surface area contributed by atoms with E-state index in [0.717, 1.165) is 22.3 Å². The molecular weight excluding hydrogens is 497 g/mol. The van der Waals surface area contributed by atoms with Crippen LogP contribution in [0.15, 0.2) is 89.3 Å². The first-order chi connectivity index (χ1) is 18.9. The SMILES string of the molecule is CNC(=O)c1c(-c2ccc(F)cc2)oc2ccc(-c3cc(C(=O)OC)cc(OCc4ccccc4)c3C)cc12. The molecule has 1 N–H and O–H groups in total. The number of benzene rings is 4. The summed E-state index contributed by atoms with van der Waals surface area (Å²) in [4.78, 5) is 25.5. The summed E-state index contributed by atoms with van der Waals surface area (Å²) in [5.41, 5.74) is 5.07. The Bertz CT molecular complexity index is 1670. The summed E-state index contributed by atoms with van der Waals surface area (Å²) in [7, 11) is 2.87. The second kappa shape index (κ2) is 10.8. The molecule has 6 nitrogen and oxygen atoms in total. The number of fused-ring (bicyclic) bond motifs is 1. The van der Waals surface area contributed by atoms with Gasteiger partial charge in [0.15, 0.2) is 0 Å².